The van der Waals surface area contributed by atoms with Crippen LogP contribution in [0.15, 0.2) is 45.7 Å². The summed E-state index contributed by atoms with van der Waals surface area (Å²) >= 11 is 9.31. The minimum Gasteiger partial charge on any atom is -0.295 e. The molecule has 1 heterocycles. The Bertz CT molecular complexity index is 901. The SMILES string of the molecule is Cn1c(=O)n(Cc2ccc(F)cc2Br)c2ccc(Cl)cc21. The summed E-state index contributed by atoms with van der Waals surface area (Å²) < 4.78 is 17.0. The zero-order valence-corrected chi connectivity index (χ0v) is 13.4. The lowest BCUT2D eigenvalue weighted by molar-refractivity contribution is 0.625. The minimum absolute atomic E-state index is 0.136. The van der Waals surface area contributed by atoms with E-state index in [0.29, 0.717) is 16.0 Å². The summed E-state index contributed by atoms with van der Waals surface area (Å²) in [6, 6.07) is 9.76. The third-order valence-electron chi connectivity index (χ3n) is 3.45. The molecule has 0 amide bonds. The first-order valence-corrected chi connectivity index (χ1v) is 7.43. The standard InChI is InChI=1S/C15H11BrClFN2O/c1-19-14-6-10(17)3-5-13(14)20(15(19)21)8-9-2-4-11(18)7-12(9)16/h2-7H,8H2,1H3. The van der Waals surface area contributed by atoms with Crippen molar-refractivity contribution in [3.8, 4) is 0 Å². The van der Waals surface area contributed by atoms with Crippen molar-refractivity contribution in [2.45, 2.75) is 6.54 Å². The third-order valence-corrected chi connectivity index (χ3v) is 4.42. The van der Waals surface area contributed by atoms with Crippen LogP contribution in [0.25, 0.3) is 11.0 Å². The third kappa shape index (κ3) is 2.51. The van der Waals surface area contributed by atoms with E-state index in [4.69, 9.17) is 11.6 Å². The normalized spacial score (nSPS) is 11.2. The monoisotopic (exact) mass is 368 g/mol. The fraction of sp³-hybridized carbons (Fsp3) is 0.133. The Labute approximate surface area is 133 Å². The highest BCUT2D eigenvalue weighted by molar-refractivity contribution is 9.10. The second-order valence-electron chi connectivity index (χ2n) is 4.80. The summed E-state index contributed by atoms with van der Waals surface area (Å²) in [5.74, 6) is -0.317. The zero-order valence-electron chi connectivity index (χ0n) is 11.1. The Balaban J connectivity index is 2.17. The second-order valence-corrected chi connectivity index (χ2v) is 6.09. The molecular formula is C15H11BrClFN2O. The molecule has 108 valence electrons. The lowest BCUT2D eigenvalue weighted by Gasteiger charge is -2.06. The number of imidazole rings is 1. The number of rotatable bonds is 2. The van der Waals surface area contributed by atoms with Crippen LogP contribution in [0.2, 0.25) is 5.02 Å². The Morgan fingerprint density at radius 2 is 1.95 bits per heavy atom. The molecule has 0 saturated heterocycles. The predicted molar refractivity (Wildman–Crippen MR) is 85.4 cm³/mol. The maximum Gasteiger partial charge on any atom is 0.329 e. The number of hydrogen-bond donors (Lipinski definition) is 0. The Morgan fingerprint density at radius 1 is 1.19 bits per heavy atom. The Kier molecular flexibility index (Phi) is 3.63. The van der Waals surface area contributed by atoms with Crippen molar-refractivity contribution >= 4 is 38.6 Å². The van der Waals surface area contributed by atoms with Gasteiger partial charge in [-0.3, -0.25) is 9.13 Å². The van der Waals surface area contributed by atoms with E-state index in [1.54, 1.807) is 34.4 Å². The van der Waals surface area contributed by atoms with Crippen molar-refractivity contribution in [1.29, 1.82) is 0 Å². The smallest absolute Gasteiger partial charge is 0.295 e. The quantitative estimate of drug-likeness (QED) is 0.672. The van der Waals surface area contributed by atoms with E-state index in [0.717, 1.165) is 16.6 Å². The van der Waals surface area contributed by atoms with Gasteiger partial charge in [0.15, 0.2) is 0 Å². The molecule has 0 aliphatic heterocycles. The summed E-state index contributed by atoms with van der Waals surface area (Å²) in [4.78, 5) is 12.4. The number of benzene rings is 2. The molecule has 0 unspecified atom stereocenters. The van der Waals surface area contributed by atoms with Crippen LogP contribution in [0, 0.1) is 5.82 Å². The average Bonchev–Trinajstić information content (AvgIpc) is 2.66. The first-order chi connectivity index (χ1) is 9.97. The number of aromatic nitrogens is 2. The Morgan fingerprint density at radius 3 is 2.67 bits per heavy atom. The highest BCUT2D eigenvalue weighted by atomic mass is 79.9. The molecule has 2 aromatic carbocycles. The molecule has 0 aliphatic carbocycles. The Hall–Kier alpha value is -1.59. The van der Waals surface area contributed by atoms with Crippen molar-refractivity contribution in [2.24, 2.45) is 7.05 Å². The molecule has 0 spiro atoms. The topological polar surface area (TPSA) is 26.9 Å². The first-order valence-electron chi connectivity index (χ1n) is 6.26. The molecule has 0 fully saturated rings. The van der Waals surface area contributed by atoms with Gasteiger partial charge in [-0.05, 0) is 35.9 Å². The molecule has 0 bridgehead atoms. The fourth-order valence-electron chi connectivity index (χ4n) is 2.35. The predicted octanol–water partition coefficient (Wildman–Crippen LogP) is 3.94. The van der Waals surface area contributed by atoms with Gasteiger partial charge in [0.1, 0.15) is 5.82 Å². The summed E-state index contributed by atoms with van der Waals surface area (Å²) in [6.07, 6.45) is 0. The summed E-state index contributed by atoms with van der Waals surface area (Å²) in [6.45, 7) is 0.360. The van der Waals surface area contributed by atoms with Gasteiger partial charge in [-0.2, -0.15) is 0 Å². The highest BCUT2D eigenvalue weighted by Crippen LogP contribution is 2.22. The van der Waals surface area contributed by atoms with Gasteiger partial charge in [-0.25, -0.2) is 9.18 Å². The van der Waals surface area contributed by atoms with E-state index in [-0.39, 0.29) is 11.5 Å². The molecule has 0 N–H and O–H groups in total. The van der Waals surface area contributed by atoms with Crippen LogP contribution in [0.1, 0.15) is 5.56 Å². The van der Waals surface area contributed by atoms with Crippen LogP contribution in [0.3, 0.4) is 0 Å². The average molecular weight is 370 g/mol. The summed E-state index contributed by atoms with van der Waals surface area (Å²) in [5, 5.41) is 0.582. The van der Waals surface area contributed by atoms with Crippen molar-refractivity contribution < 1.29 is 4.39 Å². The van der Waals surface area contributed by atoms with Crippen LogP contribution in [-0.2, 0) is 13.6 Å². The largest absolute Gasteiger partial charge is 0.329 e. The molecule has 6 heteroatoms. The maximum atomic E-state index is 13.1. The molecular weight excluding hydrogens is 359 g/mol. The van der Waals surface area contributed by atoms with Gasteiger partial charge in [0, 0.05) is 16.5 Å². The maximum absolute atomic E-state index is 13.1. The van der Waals surface area contributed by atoms with E-state index in [1.807, 2.05) is 6.07 Å². The van der Waals surface area contributed by atoms with E-state index < -0.39 is 0 Å². The number of aryl methyl sites for hydroxylation is 1. The molecule has 3 rings (SSSR count). The van der Waals surface area contributed by atoms with Gasteiger partial charge >= 0.3 is 5.69 Å². The van der Waals surface area contributed by atoms with E-state index >= 15 is 0 Å². The van der Waals surface area contributed by atoms with Gasteiger partial charge in [-0.1, -0.05) is 33.6 Å². The van der Waals surface area contributed by atoms with Crippen LogP contribution in [0.4, 0.5) is 4.39 Å². The van der Waals surface area contributed by atoms with Crippen LogP contribution in [0.5, 0.6) is 0 Å². The van der Waals surface area contributed by atoms with Crippen LogP contribution >= 0.6 is 27.5 Å². The fourth-order valence-corrected chi connectivity index (χ4v) is 3.00. The molecule has 3 nitrogen and oxygen atoms in total. The molecule has 0 saturated carbocycles. The number of halogens is 3. The number of hydrogen-bond acceptors (Lipinski definition) is 1. The van der Waals surface area contributed by atoms with Crippen LogP contribution in [-0.4, -0.2) is 9.13 Å². The molecule has 1 aromatic heterocycles. The summed E-state index contributed by atoms with van der Waals surface area (Å²) in [5.41, 5.74) is 2.26. The number of nitrogens with zero attached hydrogens (tertiary/aromatic N) is 2. The number of fused-ring (bicyclic) bond motifs is 1. The highest BCUT2D eigenvalue weighted by Gasteiger charge is 2.12. The molecule has 0 radical (unpaired) electrons. The molecule has 0 aliphatic rings. The lowest BCUT2D eigenvalue weighted by atomic mass is 10.2. The van der Waals surface area contributed by atoms with E-state index in [2.05, 4.69) is 15.9 Å². The van der Waals surface area contributed by atoms with E-state index in [1.165, 1.54) is 12.1 Å². The van der Waals surface area contributed by atoms with Crippen molar-refractivity contribution in [1.82, 2.24) is 9.13 Å². The van der Waals surface area contributed by atoms with E-state index in [9.17, 15) is 9.18 Å². The van der Waals surface area contributed by atoms with Gasteiger partial charge in [0.05, 0.1) is 17.6 Å². The molecule has 3 aromatic rings. The van der Waals surface area contributed by atoms with Gasteiger partial charge in [-0.15, -0.1) is 0 Å². The first kappa shape index (κ1) is 14.4. The lowest BCUT2D eigenvalue weighted by Crippen LogP contribution is -2.22. The van der Waals surface area contributed by atoms with Crippen molar-refractivity contribution in [2.75, 3.05) is 0 Å². The second kappa shape index (κ2) is 5.31. The molecule has 0 atom stereocenters. The van der Waals surface area contributed by atoms with Gasteiger partial charge in [0.2, 0.25) is 0 Å². The van der Waals surface area contributed by atoms with Crippen molar-refractivity contribution in [3.63, 3.8) is 0 Å². The molecule has 21 heavy (non-hydrogen) atoms. The van der Waals surface area contributed by atoms with Crippen molar-refractivity contribution in [3.05, 3.63) is 67.8 Å². The zero-order chi connectivity index (χ0) is 15.1. The van der Waals surface area contributed by atoms with Gasteiger partial charge in [0.25, 0.3) is 0 Å². The summed E-state index contributed by atoms with van der Waals surface area (Å²) in [7, 11) is 1.71. The van der Waals surface area contributed by atoms with Gasteiger partial charge < -0.3 is 0 Å². The van der Waals surface area contributed by atoms with Crippen LogP contribution < -0.4 is 5.69 Å². The minimum atomic E-state index is -0.317.